The van der Waals surface area contributed by atoms with Crippen LogP contribution in [-0.2, 0) is 28.7 Å². The van der Waals surface area contributed by atoms with Gasteiger partial charge in [0.1, 0.15) is 30.9 Å². The molecule has 0 amide bonds. The van der Waals surface area contributed by atoms with Gasteiger partial charge in [0.15, 0.2) is 0 Å². The molecule has 0 radical (unpaired) electrons. The number of rotatable bonds is 10. The number of allylic oxidation sites excluding steroid dienone is 2. The Bertz CT molecular complexity index is 844. The standard InChI is InChI=1S/C26H36O7/c1-7-9-22(30)33-20-12-19(14-27)26(15-28)21(13-20)25(6,11-10-16(3)8-2)17(4)23(24(26)31)32-18(5)29/h8,12,14-15,17,20-21,23-24,31H,2-3,7,9-11,13H2,1,4-6H3. The van der Waals surface area contributed by atoms with Gasteiger partial charge in [-0.25, -0.2) is 0 Å². The highest BCUT2D eigenvalue weighted by Gasteiger charge is 2.66. The summed E-state index contributed by atoms with van der Waals surface area (Å²) in [6.07, 6.45) is 3.40. The third-order valence-electron chi connectivity index (χ3n) is 7.67. The molecule has 0 aromatic rings. The number of esters is 2. The number of aliphatic hydroxyl groups is 1. The fraction of sp³-hybridized carbons (Fsp3) is 0.615. The van der Waals surface area contributed by atoms with E-state index >= 15 is 0 Å². The first-order valence-corrected chi connectivity index (χ1v) is 11.5. The molecule has 2 aliphatic rings. The van der Waals surface area contributed by atoms with Crippen LogP contribution in [0, 0.1) is 22.7 Å². The second kappa shape index (κ2) is 10.6. The molecule has 0 spiro atoms. The molecule has 0 aromatic heterocycles. The Balaban J connectivity index is 2.66. The minimum atomic E-state index is -1.59. The van der Waals surface area contributed by atoms with Gasteiger partial charge in [-0.05, 0) is 43.1 Å². The molecule has 2 aliphatic carbocycles. The Hall–Kier alpha value is -2.54. The number of carbonyl (C=O) groups excluding carboxylic acids is 4. The number of aliphatic hydroxyl groups excluding tert-OH is 1. The zero-order valence-electron chi connectivity index (χ0n) is 20.0. The SMILES string of the molecule is C=CC(=C)CCC1(C)C(C)C(OC(C)=O)C(O)C2(C=O)C(C=O)=CC(OC(=O)CCC)CC12. The molecular formula is C26H36O7. The van der Waals surface area contributed by atoms with E-state index < -0.39 is 41.0 Å². The molecule has 7 atom stereocenters. The largest absolute Gasteiger partial charge is 0.459 e. The van der Waals surface area contributed by atoms with Crippen LogP contribution in [0.15, 0.2) is 36.5 Å². The molecule has 0 saturated heterocycles. The van der Waals surface area contributed by atoms with Crippen molar-refractivity contribution in [2.45, 2.75) is 78.1 Å². The van der Waals surface area contributed by atoms with Crippen molar-refractivity contribution in [2.75, 3.05) is 0 Å². The predicted octanol–water partition coefficient (Wildman–Crippen LogP) is 3.50. The molecule has 1 saturated carbocycles. The maximum Gasteiger partial charge on any atom is 0.306 e. The molecular weight excluding hydrogens is 424 g/mol. The van der Waals surface area contributed by atoms with Crippen molar-refractivity contribution in [3.8, 4) is 0 Å². The summed E-state index contributed by atoms with van der Waals surface area (Å²) in [6, 6.07) is 0. The zero-order valence-corrected chi connectivity index (χ0v) is 20.0. The van der Waals surface area contributed by atoms with Crippen LogP contribution in [-0.4, -0.2) is 47.9 Å². The first kappa shape index (κ1) is 26.7. The van der Waals surface area contributed by atoms with E-state index in [9.17, 15) is 24.3 Å². The van der Waals surface area contributed by atoms with Gasteiger partial charge in [-0.3, -0.25) is 14.4 Å². The summed E-state index contributed by atoms with van der Waals surface area (Å²) in [6.45, 7) is 14.7. The monoisotopic (exact) mass is 460 g/mol. The maximum absolute atomic E-state index is 12.7. The summed E-state index contributed by atoms with van der Waals surface area (Å²) in [5.41, 5.74) is -1.40. The molecule has 33 heavy (non-hydrogen) atoms. The minimum Gasteiger partial charge on any atom is -0.459 e. The van der Waals surface area contributed by atoms with Crippen LogP contribution < -0.4 is 0 Å². The van der Waals surface area contributed by atoms with E-state index in [1.54, 1.807) is 6.08 Å². The lowest BCUT2D eigenvalue weighted by Gasteiger charge is -2.61. The second-order valence-electron chi connectivity index (χ2n) is 9.53. The number of aldehydes is 2. The van der Waals surface area contributed by atoms with E-state index in [0.29, 0.717) is 31.8 Å². The maximum atomic E-state index is 12.7. The molecule has 2 rings (SSSR count). The van der Waals surface area contributed by atoms with Gasteiger partial charge < -0.3 is 19.4 Å². The van der Waals surface area contributed by atoms with Gasteiger partial charge in [-0.2, -0.15) is 0 Å². The summed E-state index contributed by atoms with van der Waals surface area (Å²) in [4.78, 5) is 49.0. The predicted molar refractivity (Wildman–Crippen MR) is 123 cm³/mol. The fourth-order valence-corrected chi connectivity index (χ4v) is 5.64. The molecule has 0 bridgehead atoms. The Morgan fingerprint density at radius 1 is 1.27 bits per heavy atom. The number of hydrogen-bond acceptors (Lipinski definition) is 7. The number of fused-ring (bicyclic) bond motifs is 1. The van der Waals surface area contributed by atoms with E-state index in [0.717, 1.165) is 5.57 Å². The van der Waals surface area contributed by atoms with Crippen molar-refractivity contribution in [3.05, 3.63) is 36.5 Å². The Kier molecular flexibility index (Phi) is 8.57. The van der Waals surface area contributed by atoms with Crippen molar-refractivity contribution in [1.29, 1.82) is 0 Å². The van der Waals surface area contributed by atoms with E-state index in [2.05, 4.69) is 13.2 Å². The molecule has 0 aliphatic heterocycles. The highest BCUT2D eigenvalue weighted by atomic mass is 16.6. The molecule has 182 valence electrons. The van der Waals surface area contributed by atoms with Crippen molar-refractivity contribution in [1.82, 2.24) is 0 Å². The molecule has 0 heterocycles. The highest BCUT2D eigenvalue weighted by molar-refractivity contribution is 5.87. The smallest absolute Gasteiger partial charge is 0.306 e. The first-order chi connectivity index (χ1) is 15.5. The molecule has 1 fully saturated rings. The lowest BCUT2D eigenvalue weighted by molar-refractivity contribution is -0.212. The molecule has 7 unspecified atom stereocenters. The van der Waals surface area contributed by atoms with Crippen molar-refractivity contribution >= 4 is 24.5 Å². The van der Waals surface area contributed by atoms with Crippen LogP contribution in [0.2, 0.25) is 0 Å². The fourth-order valence-electron chi connectivity index (χ4n) is 5.64. The van der Waals surface area contributed by atoms with Crippen LogP contribution in [0.4, 0.5) is 0 Å². The summed E-state index contributed by atoms with van der Waals surface area (Å²) >= 11 is 0. The van der Waals surface area contributed by atoms with Crippen LogP contribution in [0.5, 0.6) is 0 Å². The topological polar surface area (TPSA) is 107 Å². The summed E-state index contributed by atoms with van der Waals surface area (Å²) in [5.74, 6) is -1.86. The van der Waals surface area contributed by atoms with Crippen molar-refractivity contribution in [2.24, 2.45) is 22.7 Å². The van der Waals surface area contributed by atoms with Crippen molar-refractivity contribution < 1.29 is 33.8 Å². The lowest BCUT2D eigenvalue weighted by Crippen LogP contribution is -2.67. The number of hydrogen-bond donors (Lipinski definition) is 1. The van der Waals surface area contributed by atoms with Gasteiger partial charge in [0.05, 0.1) is 5.41 Å². The van der Waals surface area contributed by atoms with Gasteiger partial charge >= 0.3 is 11.9 Å². The van der Waals surface area contributed by atoms with Gasteiger partial charge in [-0.1, -0.05) is 45.6 Å². The van der Waals surface area contributed by atoms with E-state index in [4.69, 9.17) is 9.47 Å². The van der Waals surface area contributed by atoms with Crippen LogP contribution in [0.1, 0.15) is 59.8 Å². The second-order valence-corrected chi connectivity index (χ2v) is 9.53. The quantitative estimate of drug-likeness (QED) is 0.302. The van der Waals surface area contributed by atoms with Crippen molar-refractivity contribution in [3.63, 3.8) is 0 Å². The van der Waals surface area contributed by atoms with Gasteiger partial charge in [-0.15, -0.1) is 0 Å². The van der Waals surface area contributed by atoms with E-state index in [1.165, 1.54) is 13.0 Å². The molecule has 0 aromatic carbocycles. The highest BCUT2D eigenvalue weighted by Crippen LogP contribution is 2.62. The third kappa shape index (κ3) is 4.88. The molecule has 7 heteroatoms. The Morgan fingerprint density at radius 3 is 2.45 bits per heavy atom. The normalized spacial score (nSPS) is 35.4. The van der Waals surface area contributed by atoms with Gasteiger partial charge in [0.2, 0.25) is 0 Å². The summed E-state index contributed by atoms with van der Waals surface area (Å²) in [7, 11) is 0. The summed E-state index contributed by atoms with van der Waals surface area (Å²) < 4.78 is 11.1. The van der Waals surface area contributed by atoms with Crippen LogP contribution in [0.3, 0.4) is 0 Å². The Labute approximate surface area is 195 Å². The van der Waals surface area contributed by atoms with Gasteiger partial charge in [0.25, 0.3) is 0 Å². The minimum absolute atomic E-state index is 0.0494. The first-order valence-electron chi connectivity index (χ1n) is 11.5. The third-order valence-corrected chi connectivity index (χ3v) is 7.67. The molecule has 7 nitrogen and oxygen atoms in total. The van der Waals surface area contributed by atoms with Crippen LogP contribution in [0.25, 0.3) is 0 Å². The average Bonchev–Trinajstić information content (AvgIpc) is 2.78. The average molecular weight is 461 g/mol. The Morgan fingerprint density at radius 2 is 1.94 bits per heavy atom. The van der Waals surface area contributed by atoms with E-state index in [-0.39, 0.29) is 30.3 Å². The lowest BCUT2D eigenvalue weighted by atomic mass is 9.44. The number of ether oxygens (including phenoxy) is 2. The van der Waals surface area contributed by atoms with Gasteiger partial charge in [0, 0.05) is 24.8 Å². The number of carbonyl (C=O) groups is 4. The van der Waals surface area contributed by atoms with Crippen LogP contribution >= 0.6 is 0 Å². The zero-order chi connectivity index (χ0) is 25.0. The van der Waals surface area contributed by atoms with E-state index in [1.807, 2.05) is 20.8 Å². The molecule has 1 N–H and O–H groups in total. The summed E-state index contributed by atoms with van der Waals surface area (Å²) in [5, 5.41) is 11.4.